The summed E-state index contributed by atoms with van der Waals surface area (Å²) in [7, 11) is -3.77. The van der Waals surface area contributed by atoms with Gasteiger partial charge in [0.05, 0.1) is 16.1 Å². The molecule has 1 amide bonds. The summed E-state index contributed by atoms with van der Waals surface area (Å²) in [6.07, 6.45) is 0. The minimum Gasteiger partial charge on any atom is -0.336 e. The SMILES string of the molecule is O=C(c1ccccc1NS(=O)(=O)c1ccccc1)N1CCN(Cc2ccccc2)CC1. The monoisotopic (exact) mass is 435 g/mol. The molecule has 31 heavy (non-hydrogen) atoms. The predicted molar refractivity (Wildman–Crippen MR) is 121 cm³/mol. The van der Waals surface area contributed by atoms with E-state index in [-0.39, 0.29) is 10.8 Å². The van der Waals surface area contributed by atoms with E-state index in [9.17, 15) is 13.2 Å². The maximum Gasteiger partial charge on any atom is 0.261 e. The number of nitrogens with zero attached hydrogens (tertiary/aromatic N) is 2. The van der Waals surface area contributed by atoms with Gasteiger partial charge in [-0.3, -0.25) is 14.4 Å². The van der Waals surface area contributed by atoms with Crippen LogP contribution in [0.25, 0.3) is 0 Å². The van der Waals surface area contributed by atoms with Gasteiger partial charge in [0.15, 0.2) is 0 Å². The topological polar surface area (TPSA) is 69.7 Å². The van der Waals surface area contributed by atoms with Gasteiger partial charge in [-0.15, -0.1) is 0 Å². The van der Waals surface area contributed by atoms with E-state index in [0.717, 1.165) is 19.6 Å². The van der Waals surface area contributed by atoms with E-state index in [2.05, 4.69) is 21.8 Å². The molecule has 1 heterocycles. The zero-order chi connectivity index (χ0) is 21.7. The Balaban J connectivity index is 1.44. The number of piperazine rings is 1. The first-order valence-corrected chi connectivity index (χ1v) is 11.7. The third-order valence-corrected chi connectivity index (χ3v) is 6.75. The predicted octanol–water partition coefficient (Wildman–Crippen LogP) is 3.45. The van der Waals surface area contributed by atoms with E-state index in [1.54, 1.807) is 47.4 Å². The summed E-state index contributed by atoms with van der Waals surface area (Å²) in [4.78, 5) is 17.5. The Labute approximate surface area is 183 Å². The molecule has 1 saturated heterocycles. The minimum atomic E-state index is -3.77. The van der Waals surface area contributed by atoms with Crippen LogP contribution in [0.1, 0.15) is 15.9 Å². The summed E-state index contributed by atoms with van der Waals surface area (Å²) < 4.78 is 28.0. The third kappa shape index (κ3) is 5.13. The van der Waals surface area contributed by atoms with Gasteiger partial charge < -0.3 is 4.90 Å². The van der Waals surface area contributed by atoms with Gasteiger partial charge in [0, 0.05) is 32.7 Å². The van der Waals surface area contributed by atoms with Crippen LogP contribution in [0.5, 0.6) is 0 Å². The number of rotatable bonds is 6. The van der Waals surface area contributed by atoms with Crippen LogP contribution >= 0.6 is 0 Å². The van der Waals surface area contributed by atoms with E-state index < -0.39 is 10.0 Å². The lowest BCUT2D eigenvalue weighted by Crippen LogP contribution is -2.48. The lowest BCUT2D eigenvalue weighted by Gasteiger charge is -2.35. The normalized spacial score (nSPS) is 14.9. The molecular formula is C24H25N3O3S. The zero-order valence-corrected chi connectivity index (χ0v) is 18.0. The van der Waals surface area contributed by atoms with Crippen molar-refractivity contribution in [2.45, 2.75) is 11.4 Å². The number of nitrogens with one attached hydrogen (secondary N) is 1. The first-order chi connectivity index (χ1) is 15.0. The fraction of sp³-hybridized carbons (Fsp3) is 0.208. The quantitative estimate of drug-likeness (QED) is 0.644. The van der Waals surface area contributed by atoms with Crippen molar-refractivity contribution in [3.05, 3.63) is 96.1 Å². The summed E-state index contributed by atoms with van der Waals surface area (Å²) in [5.74, 6) is -0.161. The van der Waals surface area contributed by atoms with Crippen molar-refractivity contribution >= 4 is 21.6 Å². The second-order valence-electron chi connectivity index (χ2n) is 7.52. The van der Waals surface area contributed by atoms with Crippen LogP contribution in [0, 0.1) is 0 Å². The summed E-state index contributed by atoms with van der Waals surface area (Å²) in [5.41, 5.74) is 1.91. The molecule has 0 bridgehead atoms. The van der Waals surface area contributed by atoms with Gasteiger partial charge in [-0.1, -0.05) is 60.7 Å². The van der Waals surface area contributed by atoms with Gasteiger partial charge in [-0.05, 0) is 29.8 Å². The highest BCUT2D eigenvalue weighted by Crippen LogP contribution is 2.22. The van der Waals surface area contributed by atoms with Crippen molar-refractivity contribution in [1.29, 1.82) is 0 Å². The molecule has 0 radical (unpaired) electrons. The van der Waals surface area contributed by atoms with E-state index >= 15 is 0 Å². The number of carbonyl (C=O) groups excluding carboxylic acids is 1. The first kappa shape index (κ1) is 21.1. The number of carbonyl (C=O) groups is 1. The van der Waals surface area contributed by atoms with E-state index in [0.29, 0.717) is 24.3 Å². The smallest absolute Gasteiger partial charge is 0.261 e. The van der Waals surface area contributed by atoms with Crippen molar-refractivity contribution in [3.63, 3.8) is 0 Å². The van der Waals surface area contributed by atoms with Crippen molar-refractivity contribution in [2.24, 2.45) is 0 Å². The molecule has 7 heteroatoms. The Morgan fingerprint density at radius 3 is 2.03 bits per heavy atom. The van der Waals surface area contributed by atoms with Crippen molar-refractivity contribution in [3.8, 4) is 0 Å². The molecule has 1 aliphatic heterocycles. The molecule has 6 nitrogen and oxygen atoms in total. The molecule has 0 unspecified atom stereocenters. The molecule has 4 rings (SSSR count). The highest BCUT2D eigenvalue weighted by Gasteiger charge is 2.25. The average Bonchev–Trinajstić information content (AvgIpc) is 2.81. The maximum atomic E-state index is 13.2. The van der Waals surface area contributed by atoms with Gasteiger partial charge in [0.25, 0.3) is 15.9 Å². The molecule has 0 spiro atoms. The Bertz CT molecular complexity index is 1130. The Morgan fingerprint density at radius 2 is 1.35 bits per heavy atom. The number of hydrogen-bond donors (Lipinski definition) is 1. The molecule has 0 aliphatic carbocycles. The number of hydrogen-bond acceptors (Lipinski definition) is 4. The fourth-order valence-corrected chi connectivity index (χ4v) is 4.78. The van der Waals surface area contributed by atoms with Crippen LogP contribution in [-0.2, 0) is 16.6 Å². The molecule has 1 fully saturated rings. The number of sulfonamides is 1. The van der Waals surface area contributed by atoms with Crippen LogP contribution < -0.4 is 4.72 Å². The number of para-hydroxylation sites is 1. The van der Waals surface area contributed by atoms with Gasteiger partial charge in [-0.2, -0.15) is 0 Å². The average molecular weight is 436 g/mol. The largest absolute Gasteiger partial charge is 0.336 e. The molecule has 3 aromatic rings. The number of amides is 1. The standard InChI is InChI=1S/C24H25N3O3S/c28-24(27-17-15-26(16-18-27)19-20-9-3-1-4-10-20)22-13-7-8-14-23(22)25-31(29,30)21-11-5-2-6-12-21/h1-14,25H,15-19H2. The minimum absolute atomic E-state index is 0.159. The van der Waals surface area contributed by atoms with Crippen LogP contribution in [0.3, 0.4) is 0 Å². The lowest BCUT2D eigenvalue weighted by molar-refractivity contribution is 0.0629. The molecule has 160 valence electrons. The highest BCUT2D eigenvalue weighted by atomic mass is 32.2. The summed E-state index contributed by atoms with van der Waals surface area (Å²) in [6, 6.07) is 25.2. The zero-order valence-electron chi connectivity index (χ0n) is 17.1. The number of anilines is 1. The second kappa shape index (κ2) is 9.32. The molecule has 0 saturated carbocycles. The highest BCUT2D eigenvalue weighted by molar-refractivity contribution is 7.92. The second-order valence-corrected chi connectivity index (χ2v) is 9.20. The summed E-state index contributed by atoms with van der Waals surface area (Å²) in [6.45, 7) is 3.62. The van der Waals surface area contributed by atoms with E-state index in [4.69, 9.17) is 0 Å². The third-order valence-electron chi connectivity index (χ3n) is 5.36. The van der Waals surface area contributed by atoms with Crippen molar-refractivity contribution < 1.29 is 13.2 Å². The molecule has 0 aromatic heterocycles. The van der Waals surface area contributed by atoms with Crippen LogP contribution in [-0.4, -0.2) is 50.3 Å². The molecule has 1 aliphatic rings. The lowest BCUT2D eigenvalue weighted by atomic mass is 10.1. The van der Waals surface area contributed by atoms with E-state index in [1.807, 2.05) is 18.2 Å². The van der Waals surface area contributed by atoms with Gasteiger partial charge in [0.1, 0.15) is 0 Å². The Kier molecular flexibility index (Phi) is 6.34. The van der Waals surface area contributed by atoms with E-state index in [1.165, 1.54) is 17.7 Å². The molecule has 1 N–H and O–H groups in total. The number of benzene rings is 3. The summed E-state index contributed by atoms with van der Waals surface area (Å²) in [5, 5.41) is 0. The first-order valence-electron chi connectivity index (χ1n) is 10.3. The Morgan fingerprint density at radius 1 is 0.774 bits per heavy atom. The van der Waals surface area contributed by atoms with Gasteiger partial charge in [-0.25, -0.2) is 8.42 Å². The Hall–Kier alpha value is -3.16. The summed E-state index contributed by atoms with van der Waals surface area (Å²) >= 11 is 0. The van der Waals surface area contributed by atoms with Crippen molar-refractivity contribution in [1.82, 2.24) is 9.80 Å². The van der Waals surface area contributed by atoms with Gasteiger partial charge in [0.2, 0.25) is 0 Å². The molecule has 3 aromatic carbocycles. The van der Waals surface area contributed by atoms with Crippen molar-refractivity contribution in [2.75, 3.05) is 30.9 Å². The molecular weight excluding hydrogens is 410 g/mol. The molecule has 0 atom stereocenters. The van der Waals surface area contributed by atoms with Gasteiger partial charge >= 0.3 is 0 Å². The van der Waals surface area contributed by atoms with Crippen LogP contribution in [0.2, 0.25) is 0 Å². The van der Waals surface area contributed by atoms with Crippen LogP contribution in [0.4, 0.5) is 5.69 Å². The maximum absolute atomic E-state index is 13.2. The fourth-order valence-electron chi connectivity index (χ4n) is 3.68. The van der Waals surface area contributed by atoms with Crippen LogP contribution in [0.15, 0.2) is 89.8 Å².